The summed E-state index contributed by atoms with van der Waals surface area (Å²) in [7, 11) is 0. The fourth-order valence-corrected chi connectivity index (χ4v) is 0.882. The maximum absolute atomic E-state index is 9.01. The van der Waals surface area contributed by atoms with Gasteiger partial charge in [-0.05, 0) is 6.92 Å². The number of hydroxylamine groups is 2. The van der Waals surface area contributed by atoms with Crippen LogP contribution in [-0.2, 0) is 4.84 Å². The molecule has 1 fully saturated rings. The largest absolute Gasteiger partial charge is 0.389 e. The Morgan fingerprint density at radius 2 is 2.60 bits per heavy atom. The molecular weight excluding hydrogens is 130 g/mol. The number of allylic oxidation sites excluding steroid dienone is 1. The third-order valence-electron chi connectivity index (χ3n) is 1.41. The van der Waals surface area contributed by atoms with Crippen LogP contribution >= 0.6 is 0 Å². The van der Waals surface area contributed by atoms with E-state index in [1.54, 1.807) is 5.06 Å². The van der Waals surface area contributed by atoms with Crippen LogP contribution < -0.4 is 0 Å². The lowest BCUT2D eigenvalue weighted by Crippen LogP contribution is -2.20. The van der Waals surface area contributed by atoms with Crippen LogP contribution in [0.4, 0.5) is 0 Å². The van der Waals surface area contributed by atoms with Gasteiger partial charge in [0.1, 0.15) is 0 Å². The van der Waals surface area contributed by atoms with E-state index in [2.05, 4.69) is 0 Å². The maximum atomic E-state index is 9.01. The zero-order valence-corrected chi connectivity index (χ0v) is 6.16. The molecule has 1 aliphatic heterocycles. The summed E-state index contributed by atoms with van der Waals surface area (Å²) in [6.45, 7) is 3.81. The number of aliphatic hydroxyl groups excluding tert-OH is 1. The van der Waals surface area contributed by atoms with Gasteiger partial charge in [-0.1, -0.05) is 12.2 Å². The predicted octanol–water partition coefficient (Wildman–Crippen LogP) is 0.171. The van der Waals surface area contributed by atoms with Crippen LogP contribution in [0.1, 0.15) is 6.92 Å². The number of hydrogen-bond donors (Lipinski definition) is 1. The first-order valence-corrected chi connectivity index (χ1v) is 3.50. The molecule has 1 aliphatic rings. The van der Waals surface area contributed by atoms with E-state index in [1.807, 2.05) is 19.1 Å². The Morgan fingerprint density at radius 3 is 3.10 bits per heavy atom. The van der Waals surface area contributed by atoms with Crippen molar-refractivity contribution in [1.29, 1.82) is 0 Å². The molecule has 1 unspecified atom stereocenters. The highest BCUT2D eigenvalue weighted by atomic mass is 16.7. The molecule has 10 heavy (non-hydrogen) atoms. The van der Waals surface area contributed by atoms with Crippen LogP contribution in [0.3, 0.4) is 0 Å². The smallest absolute Gasteiger partial charge is 0.0958 e. The highest BCUT2D eigenvalue weighted by Crippen LogP contribution is 2.03. The van der Waals surface area contributed by atoms with Crippen LogP contribution in [-0.4, -0.2) is 36.0 Å². The van der Waals surface area contributed by atoms with E-state index >= 15 is 0 Å². The Morgan fingerprint density at radius 1 is 1.80 bits per heavy atom. The Labute approximate surface area is 60.9 Å². The van der Waals surface area contributed by atoms with Gasteiger partial charge in [-0.3, -0.25) is 4.84 Å². The van der Waals surface area contributed by atoms with Crippen molar-refractivity contribution in [3.63, 3.8) is 0 Å². The molecule has 3 heteroatoms. The highest BCUT2D eigenvalue weighted by molar-refractivity contribution is 4.80. The van der Waals surface area contributed by atoms with Crippen molar-refractivity contribution in [1.82, 2.24) is 5.06 Å². The van der Waals surface area contributed by atoms with Gasteiger partial charge in [0, 0.05) is 6.54 Å². The van der Waals surface area contributed by atoms with Crippen LogP contribution in [0.25, 0.3) is 0 Å². The average Bonchev–Trinajstić information content (AvgIpc) is 2.31. The van der Waals surface area contributed by atoms with Crippen LogP contribution in [0.5, 0.6) is 0 Å². The van der Waals surface area contributed by atoms with Crippen LogP contribution in [0, 0.1) is 0 Å². The zero-order chi connectivity index (χ0) is 7.40. The first-order valence-electron chi connectivity index (χ1n) is 3.50. The van der Waals surface area contributed by atoms with E-state index in [0.29, 0.717) is 13.2 Å². The van der Waals surface area contributed by atoms with Gasteiger partial charge in [-0.25, -0.2) is 0 Å². The number of β-amino-alcohol motifs (C(OH)–C–C–N with tert-alkyl or cyclic N) is 1. The van der Waals surface area contributed by atoms with Gasteiger partial charge in [-0.15, -0.1) is 0 Å². The van der Waals surface area contributed by atoms with Gasteiger partial charge < -0.3 is 5.11 Å². The summed E-state index contributed by atoms with van der Waals surface area (Å²) >= 11 is 0. The molecule has 1 atom stereocenters. The molecular formula is C7H13NO2. The maximum Gasteiger partial charge on any atom is 0.0958 e. The molecule has 1 N–H and O–H groups in total. The number of nitrogens with zero attached hydrogens (tertiary/aromatic N) is 1. The number of hydrogen-bond acceptors (Lipinski definition) is 3. The fraction of sp³-hybridized carbons (Fsp3) is 0.714. The Balaban J connectivity index is 2.18. The molecule has 0 aromatic rings. The molecule has 0 aromatic heterocycles. The minimum Gasteiger partial charge on any atom is -0.389 e. The minimum absolute atomic E-state index is 0.301. The van der Waals surface area contributed by atoms with E-state index in [1.165, 1.54) is 0 Å². The number of rotatable bonds is 2. The van der Waals surface area contributed by atoms with E-state index in [-0.39, 0.29) is 6.10 Å². The van der Waals surface area contributed by atoms with E-state index in [4.69, 9.17) is 9.94 Å². The molecule has 0 bridgehead atoms. The van der Waals surface area contributed by atoms with Crippen LogP contribution in [0.15, 0.2) is 12.2 Å². The quantitative estimate of drug-likeness (QED) is 0.559. The zero-order valence-electron chi connectivity index (χ0n) is 6.16. The van der Waals surface area contributed by atoms with E-state index in [0.717, 1.165) is 6.54 Å². The summed E-state index contributed by atoms with van der Waals surface area (Å²) in [6, 6.07) is 0. The van der Waals surface area contributed by atoms with Gasteiger partial charge in [0.25, 0.3) is 0 Å². The van der Waals surface area contributed by atoms with Crippen molar-refractivity contribution in [2.24, 2.45) is 0 Å². The third-order valence-corrected chi connectivity index (χ3v) is 1.41. The second kappa shape index (κ2) is 3.71. The van der Waals surface area contributed by atoms with Gasteiger partial charge in [0.05, 0.1) is 19.3 Å². The normalized spacial score (nSPS) is 28.4. The van der Waals surface area contributed by atoms with Crippen molar-refractivity contribution in [2.75, 3.05) is 19.7 Å². The molecule has 0 amide bonds. The SMILES string of the molecule is C/C=C/CN1CC(O)CO1. The third kappa shape index (κ3) is 2.10. The summed E-state index contributed by atoms with van der Waals surface area (Å²) in [5.74, 6) is 0. The summed E-state index contributed by atoms with van der Waals surface area (Å²) in [6.07, 6.45) is 3.66. The topological polar surface area (TPSA) is 32.7 Å². The molecule has 0 spiro atoms. The Bertz CT molecular complexity index is 125. The molecule has 3 nitrogen and oxygen atoms in total. The van der Waals surface area contributed by atoms with Crippen molar-refractivity contribution >= 4 is 0 Å². The summed E-state index contributed by atoms with van der Waals surface area (Å²) in [4.78, 5) is 5.10. The lowest BCUT2D eigenvalue weighted by atomic mass is 10.4. The van der Waals surface area contributed by atoms with Gasteiger partial charge >= 0.3 is 0 Å². The minimum atomic E-state index is -0.301. The van der Waals surface area contributed by atoms with Crippen molar-refractivity contribution in [3.8, 4) is 0 Å². The average molecular weight is 143 g/mol. The monoisotopic (exact) mass is 143 g/mol. The van der Waals surface area contributed by atoms with Gasteiger partial charge in [0.2, 0.25) is 0 Å². The molecule has 0 aliphatic carbocycles. The summed E-state index contributed by atoms with van der Waals surface area (Å²) in [5, 5.41) is 10.8. The molecule has 58 valence electrons. The molecule has 0 radical (unpaired) electrons. The summed E-state index contributed by atoms with van der Waals surface area (Å²) < 4.78 is 0. The Hall–Kier alpha value is -0.380. The van der Waals surface area contributed by atoms with Crippen molar-refractivity contribution in [3.05, 3.63) is 12.2 Å². The van der Waals surface area contributed by atoms with E-state index < -0.39 is 0 Å². The molecule has 1 saturated heterocycles. The number of aliphatic hydroxyl groups is 1. The predicted molar refractivity (Wildman–Crippen MR) is 38.3 cm³/mol. The molecule has 1 rings (SSSR count). The first kappa shape index (κ1) is 7.72. The lowest BCUT2D eigenvalue weighted by Gasteiger charge is -2.08. The van der Waals surface area contributed by atoms with Crippen LogP contribution in [0.2, 0.25) is 0 Å². The second-order valence-corrected chi connectivity index (χ2v) is 2.37. The lowest BCUT2D eigenvalue weighted by molar-refractivity contribution is -0.101. The second-order valence-electron chi connectivity index (χ2n) is 2.37. The molecule has 1 heterocycles. The van der Waals surface area contributed by atoms with E-state index in [9.17, 15) is 0 Å². The van der Waals surface area contributed by atoms with Crippen molar-refractivity contribution < 1.29 is 9.94 Å². The first-order chi connectivity index (χ1) is 4.83. The molecule has 0 saturated carbocycles. The van der Waals surface area contributed by atoms with Gasteiger partial charge in [0.15, 0.2) is 0 Å². The van der Waals surface area contributed by atoms with Gasteiger partial charge in [-0.2, -0.15) is 5.06 Å². The summed E-state index contributed by atoms with van der Waals surface area (Å²) in [5.41, 5.74) is 0. The Kier molecular flexibility index (Phi) is 2.86. The molecule has 0 aromatic carbocycles. The fourth-order valence-electron chi connectivity index (χ4n) is 0.882. The van der Waals surface area contributed by atoms with Crippen molar-refractivity contribution in [2.45, 2.75) is 13.0 Å². The highest BCUT2D eigenvalue weighted by Gasteiger charge is 2.19. The standard InChI is InChI=1S/C7H13NO2/c1-2-3-4-8-5-7(9)6-10-8/h2-3,7,9H,4-6H2,1H3/b3-2+.